The monoisotopic (exact) mass is 406 g/mol. The molecule has 1 aliphatic rings. The van der Waals surface area contributed by atoms with Crippen molar-refractivity contribution >= 4 is 21.4 Å². The largest absolute Gasteiger partial charge is 0.379 e. The molecule has 10 heteroatoms. The van der Waals surface area contributed by atoms with Crippen molar-refractivity contribution in [1.29, 1.82) is 0 Å². The van der Waals surface area contributed by atoms with Crippen molar-refractivity contribution in [1.82, 2.24) is 9.29 Å². The van der Waals surface area contributed by atoms with E-state index < -0.39 is 14.9 Å². The molecule has 1 saturated heterocycles. The lowest BCUT2D eigenvalue weighted by Gasteiger charge is -2.29. The zero-order chi connectivity index (χ0) is 20.1. The van der Waals surface area contributed by atoms with Gasteiger partial charge < -0.3 is 9.64 Å². The molecule has 0 N–H and O–H groups in total. The molecule has 0 radical (unpaired) electrons. The molecule has 1 aliphatic heterocycles. The van der Waals surface area contributed by atoms with E-state index in [4.69, 9.17) is 4.74 Å². The Morgan fingerprint density at radius 3 is 2.54 bits per heavy atom. The molecule has 2 aromatic rings. The van der Waals surface area contributed by atoms with Gasteiger partial charge >= 0.3 is 0 Å². The van der Waals surface area contributed by atoms with Crippen molar-refractivity contribution in [3.05, 3.63) is 58.4 Å². The van der Waals surface area contributed by atoms with E-state index in [0.29, 0.717) is 31.9 Å². The van der Waals surface area contributed by atoms with Crippen LogP contribution in [0.3, 0.4) is 0 Å². The molecule has 0 amide bonds. The summed E-state index contributed by atoms with van der Waals surface area (Å²) in [4.78, 5) is 16.4. The summed E-state index contributed by atoms with van der Waals surface area (Å²) < 4.78 is 32.9. The van der Waals surface area contributed by atoms with Crippen LogP contribution in [0.2, 0.25) is 0 Å². The molecule has 28 heavy (non-hydrogen) atoms. The van der Waals surface area contributed by atoms with E-state index in [1.54, 1.807) is 24.3 Å². The van der Waals surface area contributed by atoms with Crippen LogP contribution in [-0.4, -0.2) is 62.5 Å². The predicted molar refractivity (Wildman–Crippen MR) is 104 cm³/mol. The third-order valence-electron chi connectivity index (χ3n) is 4.64. The molecule has 1 aromatic heterocycles. The van der Waals surface area contributed by atoms with E-state index in [-0.39, 0.29) is 23.7 Å². The Balaban J connectivity index is 1.92. The number of rotatable bonds is 7. The first-order valence-electron chi connectivity index (χ1n) is 8.86. The minimum Gasteiger partial charge on any atom is -0.379 e. The highest BCUT2D eigenvalue weighted by atomic mass is 32.2. The van der Waals surface area contributed by atoms with Gasteiger partial charge in [-0.25, -0.2) is 8.42 Å². The molecule has 1 fully saturated rings. The Bertz CT molecular complexity index is 930. The van der Waals surface area contributed by atoms with E-state index >= 15 is 0 Å². The normalized spacial score (nSPS) is 15.3. The number of morpholine rings is 1. The Morgan fingerprint density at radius 2 is 1.89 bits per heavy atom. The zero-order valence-electron chi connectivity index (χ0n) is 15.5. The van der Waals surface area contributed by atoms with Gasteiger partial charge in [0.1, 0.15) is 4.90 Å². The molecule has 3 rings (SSSR count). The number of hydrogen-bond acceptors (Lipinski definition) is 7. The maximum atomic E-state index is 13.2. The van der Waals surface area contributed by atoms with Crippen molar-refractivity contribution in [3.8, 4) is 0 Å². The highest BCUT2D eigenvalue weighted by Crippen LogP contribution is 2.31. The summed E-state index contributed by atoms with van der Waals surface area (Å²) in [6, 6.07) is 7.77. The smallest absolute Gasteiger partial charge is 0.270 e. The minimum atomic E-state index is -3.88. The van der Waals surface area contributed by atoms with Gasteiger partial charge in [-0.2, -0.15) is 4.31 Å². The van der Waals surface area contributed by atoms with Crippen LogP contribution in [0.15, 0.2) is 47.6 Å². The molecule has 0 atom stereocenters. The van der Waals surface area contributed by atoms with Crippen LogP contribution in [0, 0.1) is 10.1 Å². The average molecular weight is 406 g/mol. The number of non-ortho nitro benzene ring substituents is 1. The Labute approximate surface area is 163 Å². The van der Waals surface area contributed by atoms with Crippen LogP contribution in [-0.2, 0) is 21.2 Å². The van der Waals surface area contributed by atoms with Crippen molar-refractivity contribution in [2.24, 2.45) is 0 Å². The summed E-state index contributed by atoms with van der Waals surface area (Å²) in [6.07, 6.45) is 4.10. The molecule has 9 nitrogen and oxygen atoms in total. The quantitative estimate of drug-likeness (QED) is 0.509. The molecule has 150 valence electrons. The summed E-state index contributed by atoms with van der Waals surface area (Å²) in [7, 11) is -2.10. The van der Waals surface area contributed by atoms with E-state index in [2.05, 4.69) is 4.98 Å². The number of likely N-dealkylation sites (N-methyl/N-ethyl adjacent to an activating group) is 1. The number of benzene rings is 1. The highest BCUT2D eigenvalue weighted by Gasteiger charge is 2.31. The van der Waals surface area contributed by atoms with Crippen molar-refractivity contribution < 1.29 is 18.1 Å². The van der Waals surface area contributed by atoms with Crippen LogP contribution < -0.4 is 4.90 Å². The van der Waals surface area contributed by atoms with Crippen LogP contribution in [0.25, 0.3) is 0 Å². The van der Waals surface area contributed by atoms with Gasteiger partial charge in [0.05, 0.1) is 23.8 Å². The lowest BCUT2D eigenvalue weighted by atomic mass is 10.2. The Hall–Kier alpha value is -2.56. The summed E-state index contributed by atoms with van der Waals surface area (Å²) in [6.45, 7) is 1.62. The molecular weight excluding hydrogens is 384 g/mol. The van der Waals surface area contributed by atoms with Gasteiger partial charge in [-0.15, -0.1) is 0 Å². The van der Waals surface area contributed by atoms with Crippen LogP contribution in [0.5, 0.6) is 0 Å². The van der Waals surface area contributed by atoms with Crippen molar-refractivity contribution in [2.45, 2.75) is 11.3 Å². The molecule has 0 spiro atoms. The number of ether oxygens (including phenoxy) is 1. The predicted octanol–water partition coefficient (Wildman–Crippen LogP) is 1.69. The number of aromatic nitrogens is 1. The SMILES string of the molecule is CN(CCc1ccncc1)c1ccc([N+](=O)[O-])cc1S(=O)(=O)N1CCOCC1. The summed E-state index contributed by atoms with van der Waals surface area (Å²) in [5, 5.41) is 11.2. The van der Waals surface area contributed by atoms with Gasteiger partial charge in [-0.3, -0.25) is 15.1 Å². The van der Waals surface area contributed by atoms with Crippen molar-refractivity contribution in [2.75, 3.05) is 44.8 Å². The third kappa shape index (κ3) is 4.46. The number of anilines is 1. The Morgan fingerprint density at radius 1 is 1.21 bits per heavy atom. The van der Waals surface area contributed by atoms with Gasteiger partial charge in [-0.1, -0.05) is 0 Å². The first-order chi connectivity index (χ1) is 13.4. The molecule has 0 unspecified atom stereocenters. The number of nitro groups is 1. The number of nitro benzene ring substituents is 1. The molecular formula is C18H22N4O5S. The molecule has 2 heterocycles. The van der Waals surface area contributed by atoms with Crippen LogP contribution in [0.1, 0.15) is 5.56 Å². The zero-order valence-corrected chi connectivity index (χ0v) is 16.3. The maximum Gasteiger partial charge on any atom is 0.270 e. The fraction of sp³-hybridized carbons (Fsp3) is 0.389. The average Bonchev–Trinajstić information content (AvgIpc) is 2.73. The topological polar surface area (TPSA) is 106 Å². The molecule has 0 bridgehead atoms. The first-order valence-corrected chi connectivity index (χ1v) is 10.3. The van der Waals surface area contributed by atoms with Crippen LogP contribution >= 0.6 is 0 Å². The fourth-order valence-electron chi connectivity index (χ4n) is 3.03. The number of sulfonamides is 1. The number of pyridine rings is 1. The molecule has 0 saturated carbocycles. The second-order valence-electron chi connectivity index (χ2n) is 6.45. The fourth-order valence-corrected chi connectivity index (χ4v) is 4.70. The van der Waals surface area contributed by atoms with E-state index in [1.807, 2.05) is 12.1 Å². The number of nitrogens with zero attached hydrogens (tertiary/aromatic N) is 4. The third-order valence-corrected chi connectivity index (χ3v) is 6.57. The van der Waals surface area contributed by atoms with Gasteiger partial charge in [0.15, 0.2) is 0 Å². The summed E-state index contributed by atoms with van der Waals surface area (Å²) in [5.41, 5.74) is 1.26. The standard InChI is InChI=1S/C18H22N4O5S/c1-20(9-6-15-4-7-19-8-5-15)17-3-2-16(22(23)24)14-18(17)28(25,26)21-10-12-27-13-11-21/h2-5,7-8,14H,6,9-13H2,1H3. The second-order valence-corrected chi connectivity index (χ2v) is 8.36. The lowest BCUT2D eigenvalue weighted by molar-refractivity contribution is -0.385. The van der Waals surface area contributed by atoms with Gasteiger partial charge in [0.25, 0.3) is 5.69 Å². The van der Waals surface area contributed by atoms with Crippen LogP contribution in [0.4, 0.5) is 11.4 Å². The first kappa shape index (κ1) is 20.2. The summed E-state index contributed by atoms with van der Waals surface area (Å²) in [5.74, 6) is 0. The van der Waals surface area contributed by atoms with E-state index in [0.717, 1.165) is 11.6 Å². The lowest BCUT2D eigenvalue weighted by Crippen LogP contribution is -2.41. The minimum absolute atomic E-state index is 0.0548. The molecule has 1 aromatic carbocycles. The summed E-state index contributed by atoms with van der Waals surface area (Å²) >= 11 is 0. The maximum absolute atomic E-state index is 13.2. The second kappa shape index (κ2) is 8.63. The highest BCUT2D eigenvalue weighted by molar-refractivity contribution is 7.89. The van der Waals surface area contributed by atoms with Gasteiger partial charge in [0.2, 0.25) is 10.0 Å². The van der Waals surface area contributed by atoms with Crippen molar-refractivity contribution in [3.63, 3.8) is 0 Å². The van der Waals surface area contributed by atoms with E-state index in [1.165, 1.54) is 16.4 Å². The van der Waals surface area contributed by atoms with E-state index in [9.17, 15) is 18.5 Å². The molecule has 0 aliphatic carbocycles. The number of hydrogen-bond donors (Lipinski definition) is 0. The Kier molecular flexibility index (Phi) is 6.22. The van der Waals surface area contributed by atoms with Gasteiger partial charge in [-0.05, 0) is 30.2 Å². The van der Waals surface area contributed by atoms with Gasteiger partial charge in [0, 0.05) is 51.2 Å².